The highest BCUT2D eigenvalue weighted by Gasteiger charge is 2.21. The normalized spacial score (nSPS) is 14.1. The summed E-state index contributed by atoms with van der Waals surface area (Å²) in [6.07, 6.45) is 1.42. The van der Waals surface area contributed by atoms with Gasteiger partial charge in [0.15, 0.2) is 0 Å². The van der Waals surface area contributed by atoms with Crippen molar-refractivity contribution in [3.05, 3.63) is 60.2 Å². The Morgan fingerprint density at radius 1 is 1.00 bits per heavy atom. The third-order valence-electron chi connectivity index (χ3n) is 4.44. The van der Waals surface area contributed by atoms with Crippen molar-refractivity contribution < 1.29 is 18.0 Å². The number of sulfonamides is 1. The summed E-state index contributed by atoms with van der Waals surface area (Å²) in [6.45, 7) is 0.963. The van der Waals surface area contributed by atoms with E-state index >= 15 is 0 Å². The highest BCUT2D eigenvalue weighted by Crippen LogP contribution is 2.22. The topological polar surface area (TPSA) is 108 Å². The molecule has 1 aliphatic heterocycles. The molecule has 1 aliphatic rings. The summed E-state index contributed by atoms with van der Waals surface area (Å²) >= 11 is 0. The van der Waals surface area contributed by atoms with Crippen LogP contribution in [0.4, 0.5) is 16.2 Å². The van der Waals surface area contributed by atoms with Gasteiger partial charge in [0.05, 0.1) is 5.75 Å². The first-order valence-corrected chi connectivity index (χ1v) is 11.0. The predicted octanol–water partition coefficient (Wildman–Crippen LogP) is 2.05. The van der Waals surface area contributed by atoms with Crippen molar-refractivity contribution in [2.24, 2.45) is 0 Å². The maximum Gasteiger partial charge on any atom is 0.319 e. The summed E-state index contributed by atoms with van der Waals surface area (Å²) in [5.74, 6) is 0.00416. The van der Waals surface area contributed by atoms with Crippen molar-refractivity contribution in [3.63, 3.8) is 0 Å². The Morgan fingerprint density at radius 3 is 2.38 bits per heavy atom. The van der Waals surface area contributed by atoms with Gasteiger partial charge in [-0.3, -0.25) is 4.79 Å². The van der Waals surface area contributed by atoms with E-state index in [4.69, 9.17) is 0 Å². The first-order chi connectivity index (χ1) is 13.9. The molecule has 3 amide bonds. The molecule has 3 N–H and O–H groups in total. The molecule has 154 valence electrons. The zero-order chi connectivity index (χ0) is 20.7. The SMILES string of the molecule is O=C(NCCNS(=O)(=O)Cc1ccccc1)Nc1ccc(N2CCCC2=O)cc1. The van der Waals surface area contributed by atoms with Crippen molar-refractivity contribution in [2.45, 2.75) is 18.6 Å². The summed E-state index contributed by atoms with van der Waals surface area (Å²) in [7, 11) is -3.46. The van der Waals surface area contributed by atoms with Crippen molar-refractivity contribution >= 4 is 33.3 Å². The number of benzene rings is 2. The predicted molar refractivity (Wildman–Crippen MR) is 112 cm³/mol. The van der Waals surface area contributed by atoms with Gasteiger partial charge in [-0.25, -0.2) is 17.9 Å². The average molecular weight is 417 g/mol. The zero-order valence-electron chi connectivity index (χ0n) is 15.9. The van der Waals surface area contributed by atoms with Gasteiger partial charge >= 0.3 is 6.03 Å². The van der Waals surface area contributed by atoms with Crippen LogP contribution in [0.25, 0.3) is 0 Å². The quantitative estimate of drug-likeness (QED) is 0.573. The number of urea groups is 1. The van der Waals surface area contributed by atoms with E-state index in [1.165, 1.54) is 0 Å². The Balaban J connectivity index is 1.39. The molecule has 8 nitrogen and oxygen atoms in total. The van der Waals surface area contributed by atoms with Crippen LogP contribution in [-0.2, 0) is 20.6 Å². The third kappa shape index (κ3) is 6.30. The minimum atomic E-state index is -3.46. The Hall–Kier alpha value is -2.91. The summed E-state index contributed by atoms with van der Waals surface area (Å²) in [5, 5.41) is 5.28. The lowest BCUT2D eigenvalue weighted by Gasteiger charge is -2.16. The van der Waals surface area contributed by atoms with Crippen LogP contribution in [0, 0.1) is 0 Å². The number of anilines is 2. The lowest BCUT2D eigenvalue weighted by molar-refractivity contribution is -0.117. The molecule has 0 atom stereocenters. The summed E-state index contributed by atoms with van der Waals surface area (Å²) in [6, 6.07) is 15.5. The van der Waals surface area contributed by atoms with E-state index < -0.39 is 16.1 Å². The number of nitrogens with zero attached hydrogens (tertiary/aromatic N) is 1. The maximum atomic E-state index is 12.0. The van der Waals surface area contributed by atoms with Crippen LogP contribution in [0.15, 0.2) is 54.6 Å². The van der Waals surface area contributed by atoms with Gasteiger partial charge in [0.2, 0.25) is 15.9 Å². The van der Waals surface area contributed by atoms with Crippen LogP contribution in [0.2, 0.25) is 0 Å². The van der Waals surface area contributed by atoms with Gasteiger partial charge in [0.25, 0.3) is 0 Å². The van der Waals surface area contributed by atoms with Crippen LogP contribution >= 0.6 is 0 Å². The molecule has 9 heteroatoms. The molecule has 0 bridgehead atoms. The molecule has 29 heavy (non-hydrogen) atoms. The Bertz CT molecular complexity index is 946. The number of amides is 3. The minimum Gasteiger partial charge on any atom is -0.337 e. The van der Waals surface area contributed by atoms with Crippen molar-refractivity contribution in [1.82, 2.24) is 10.0 Å². The van der Waals surface area contributed by atoms with Gasteiger partial charge in [-0.1, -0.05) is 30.3 Å². The molecule has 1 saturated heterocycles. The summed E-state index contributed by atoms with van der Waals surface area (Å²) < 4.78 is 26.5. The highest BCUT2D eigenvalue weighted by atomic mass is 32.2. The van der Waals surface area contributed by atoms with Crippen molar-refractivity contribution in [1.29, 1.82) is 0 Å². The van der Waals surface area contributed by atoms with Crippen molar-refractivity contribution in [2.75, 3.05) is 29.9 Å². The summed E-state index contributed by atoms with van der Waals surface area (Å²) in [5.41, 5.74) is 2.10. The van der Waals surface area contributed by atoms with Gasteiger partial charge in [0.1, 0.15) is 0 Å². The first kappa shape index (κ1) is 20.8. The molecule has 0 aliphatic carbocycles. The lowest BCUT2D eigenvalue weighted by Crippen LogP contribution is -2.37. The Morgan fingerprint density at radius 2 is 1.72 bits per heavy atom. The van der Waals surface area contributed by atoms with Gasteiger partial charge in [0, 0.05) is 37.4 Å². The lowest BCUT2D eigenvalue weighted by atomic mass is 10.2. The van der Waals surface area contributed by atoms with Gasteiger partial charge in [-0.15, -0.1) is 0 Å². The number of hydrogen-bond donors (Lipinski definition) is 3. The molecule has 0 spiro atoms. The fourth-order valence-corrected chi connectivity index (χ4v) is 4.19. The number of nitrogens with one attached hydrogen (secondary N) is 3. The smallest absolute Gasteiger partial charge is 0.319 e. The standard InChI is InChI=1S/C20H24N4O4S/c25-19-7-4-14-24(19)18-10-8-17(9-11-18)23-20(26)21-12-13-22-29(27,28)15-16-5-2-1-3-6-16/h1-3,5-6,8-11,22H,4,7,12-15H2,(H2,21,23,26). The monoisotopic (exact) mass is 416 g/mol. The molecule has 3 rings (SSSR count). The van der Waals surface area contributed by atoms with Crippen LogP contribution < -0.4 is 20.3 Å². The van der Waals surface area contributed by atoms with Crippen LogP contribution in [0.3, 0.4) is 0 Å². The highest BCUT2D eigenvalue weighted by molar-refractivity contribution is 7.88. The molecule has 1 heterocycles. The molecule has 1 fully saturated rings. The number of rotatable bonds is 8. The molecule has 2 aromatic rings. The van der Waals surface area contributed by atoms with E-state index in [1.807, 2.05) is 6.07 Å². The third-order valence-corrected chi connectivity index (χ3v) is 5.80. The molecule has 0 aromatic heterocycles. The molecule has 0 saturated carbocycles. The second-order valence-electron chi connectivity index (χ2n) is 6.72. The number of carbonyl (C=O) groups excluding carboxylic acids is 2. The first-order valence-electron chi connectivity index (χ1n) is 9.39. The molecule has 2 aromatic carbocycles. The minimum absolute atomic E-state index is 0.0958. The average Bonchev–Trinajstić information content (AvgIpc) is 3.12. The second kappa shape index (κ2) is 9.53. The number of carbonyl (C=O) groups is 2. The Labute approximate surface area is 170 Å². The largest absolute Gasteiger partial charge is 0.337 e. The molecule has 0 unspecified atom stereocenters. The van der Waals surface area contributed by atoms with Gasteiger partial charge < -0.3 is 15.5 Å². The van der Waals surface area contributed by atoms with Crippen molar-refractivity contribution in [3.8, 4) is 0 Å². The van der Waals surface area contributed by atoms with E-state index in [0.29, 0.717) is 24.2 Å². The van der Waals surface area contributed by atoms with E-state index in [2.05, 4.69) is 15.4 Å². The zero-order valence-corrected chi connectivity index (χ0v) is 16.7. The fourth-order valence-electron chi connectivity index (χ4n) is 3.05. The van der Waals surface area contributed by atoms with Gasteiger partial charge in [-0.05, 0) is 36.2 Å². The molecular formula is C20H24N4O4S. The second-order valence-corrected chi connectivity index (χ2v) is 8.52. The summed E-state index contributed by atoms with van der Waals surface area (Å²) in [4.78, 5) is 25.4. The van der Waals surface area contributed by atoms with E-state index in [9.17, 15) is 18.0 Å². The van der Waals surface area contributed by atoms with E-state index in [0.717, 1.165) is 12.1 Å². The van der Waals surface area contributed by atoms with E-state index in [-0.39, 0.29) is 24.7 Å². The van der Waals surface area contributed by atoms with E-state index in [1.54, 1.807) is 53.4 Å². The molecule has 0 radical (unpaired) electrons. The maximum absolute atomic E-state index is 12.0. The number of hydrogen-bond acceptors (Lipinski definition) is 4. The fraction of sp³-hybridized carbons (Fsp3) is 0.300. The van der Waals surface area contributed by atoms with Crippen LogP contribution in [0.5, 0.6) is 0 Å². The van der Waals surface area contributed by atoms with Gasteiger partial charge in [-0.2, -0.15) is 0 Å². The van der Waals surface area contributed by atoms with Crippen LogP contribution in [-0.4, -0.2) is 40.0 Å². The van der Waals surface area contributed by atoms with Crippen LogP contribution in [0.1, 0.15) is 18.4 Å². The molecular weight excluding hydrogens is 392 g/mol. The Kier molecular flexibility index (Phi) is 6.84.